The average Bonchev–Trinajstić information content (AvgIpc) is 2.99. The van der Waals surface area contributed by atoms with E-state index in [1.807, 2.05) is 25.3 Å². The predicted molar refractivity (Wildman–Crippen MR) is 101 cm³/mol. The summed E-state index contributed by atoms with van der Waals surface area (Å²) in [5.41, 5.74) is 4.61. The van der Waals surface area contributed by atoms with E-state index in [1.54, 1.807) is 12.3 Å². The zero-order valence-electron chi connectivity index (χ0n) is 14.0. The summed E-state index contributed by atoms with van der Waals surface area (Å²) < 4.78 is 16.3. The van der Waals surface area contributed by atoms with Gasteiger partial charge in [-0.25, -0.2) is 9.78 Å². The molecule has 0 radical (unpaired) electrons. The van der Waals surface area contributed by atoms with Crippen LogP contribution in [0, 0.1) is 6.92 Å². The number of anilines is 1. The van der Waals surface area contributed by atoms with E-state index < -0.39 is 5.97 Å². The van der Waals surface area contributed by atoms with Crippen LogP contribution in [-0.4, -0.2) is 37.5 Å². The van der Waals surface area contributed by atoms with Gasteiger partial charge in [0.15, 0.2) is 18.1 Å². The SMILES string of the molecule is CCOc1cc(C=NNc2nc(C)cs2)cc(Br)c1OCC(=O)OC. The summed E-state index contributed by atoms with van der Waals surface area (Å²) >= 11 is 4.91. The fraction of sp³-hybridized carbons (Fsp3) is 0.312. The number of benzene rings is 1. The number of carbonyl (C=O) groups excluding carboxylic acids is 1. The molecule has 0 saturated heterocycles. The van der Waals surface area contributed by atoms with Gasteiger partial charge >= 0.3 is 5.97 Å². The number of hydrogen-bond donors (Lipinski definition) is 1. The van der Waals surface area contributed by atoms with Crippen LogP contribution in [0.5, 0.6) is 11.5 Å². The molecule has 0 fully saturated rings. The number of thiazole rings is 1. The summed E-state index contributed by atoms with van der Waals surface area (Å²) in [7, 11) is 1.31. The number of halogens is 1. The summed E-state index contributed by atoms with van der Waals surface area (Å²) in [4.78, 5) is 15.5. The van der Waals surface area contributed by atoms with Crippen molar-refractivity contribution in [3.8, 4) is 11.5 Å². The molecule has 0 atom stereocenters. The van der Waals surface area contributed by atoms with Crippen molar-refractivity contribution in [1.29, 1.82) is 0 Å². The van der Waals surface area contributed by atoms with Crippen molar-refractivity contribution in [3.05, 3.63) is 33.2 Å². The summed E-state index contributed by atoms with van der Waals surface area (Å²) in [6, 6.07) is 3.59. The van der Waals surface area contributed by atoms with Crippen LogP contribution in [0.2, 0.25) is 0 Å². The number of carbonyl (C=O) groups is 1. The third-order valence-corrected chi connectivity index (χ3v) is 4.34. The second-order valence-electron chi connectivity index (χ2n) is 4.79. The molecule has 0 unspecified atom stereocenters. The molecule has 134 valence electrons. The quantitative estimate of drug-likeness (QED) is 0.393. The van der Waals surface area contributed by atoms with Crippen molar-refractivity contribution in [2.24, 2.45) is 5.10 Å². The van der Waals surface area contributed by atoms with Crippen LogP contribution in [0.1, 0.15) is 18.2 Å². The lowest BCUT2D eigenvalue weighted by Crippen LogP contribution is -2.13. The molecule has 0 aliphatic rings. The Kier molecular flexibility index (Phi) is 7.20. The highest BCUT2D eigenvalue weighted by molar-refractivity contribution is 9.10. The first-order valence-electron chi connectivity index (χ1n) is 7.40. The average molecular weight is 428 g/mol. The minimum absolute atomic E-state index is 0.201. The highest BCUT2D eigenvalue weighted by Gasteiger charge is 2.13. The molecular weight excluding hydrogens is 410 g/mol. The number of aryl methyl sites for hydroxylation is 1. The maximum absolute atomic E-state index is 11.3. The maximum atomic E-state index is 11.3. The van der Waals surface area contributed by atoms with E-state index in [1.165, 1.54) is 18.4 Å². The molecule has 1 aromatic heterocycles. The largest absolute Gasteiger partial charge is 0.490 e. The van der Waals surface area contributed by atoms with E-state index in [2.05, 4.69) is 36.2 Å². The monoisotopic (exact) mass is 427 g/mol. The van der Waals surface area contributed by atoms with E-state index in [0.717, 1.165) is 16.4 Å². The second kappa shape index (κ2) is 9.38. The van der Waals surface area contributed by atoms with Gasteiger partial charge in [0.2, 0.25) is 5.13 Å². The zero-order valence-corrected chi connectivity index (χ0v) is 16.4. The zero-order chi connectivity index (χ0) is 18.2. The van der Waals surface area contributed by atoms with Crippen LogP contribution in [0.3, 0.4) is 0 Å². The number of nitrogens with zero attached hydrogens (tertiary/aromatic N) is 2. The standard InChI is InChI=1S/C16H18BrN3O4S/c1-4-23-13-6-11(7-18-20-16-19-10(2)9-25-16)5-12(17)15(13)24-8-14(21)22-3/h5-7,9H,4,8H2,1-3H3,(H,19,20). The Balaban J connectivity index is 2.14. The normalized spacial score (nSPS) is 10.7. The van der Waals surface area contributed by atoms with Crippen molar-refractivity contribution in [3.63, 3.8) is 0 Å². The Morgan fingerprint density at radius 2 is 2.24 bits per heavy atom. The van der Waals surface area contributed by atoms with E-state index in [9.17, 15) is 4.79 Å². The Hall–Kier alpha value is -2.13. The van der Waals surface area contributed by atoms with Gasteiger partial charge in [0.25, 0.3) is 0 Å². The first-order chi connectivity index (χ1) is 12.0. The number of hydrogen-bond acceptors (Lipinski definition) is 8. The Bertz CT molecular complexity index is 764. The lowest BCUT2D eigenvalue weighted by atomic mass is 10.2. The van der Waals surface area contributed by atoms with Gasteiger partial charge in [-0.1, -0.05) is 0 Å². The van der Waals surface area contributed by atoms with Crippen LogP contribution in [-0.2, 0) is 9.53 Å². The minimum Gasteiger partial charge on any atom is -0.490 e. The van der Waals surface area contributed by atoms with Crippen molar-refractivity contribution in [2.75, 3.05) is 25.7 Å². The summed E-state index contributed by atoms with van der Waals surface area (Å²) in [6.45, 7) is 4.04. The van der Waals surface area contributed by atoms with E-state index in [4.69, 9.17) is 9.47 Å². The third kappa shape index (κ3) is 5.71. The van der Waals surface area contributed by atoms with Crippen LogP contribution < -0.4 is 14.9 Å². The molecule has 0 aliphatic carbocycles. The van der Waals surface area contributed by atoms with Crippen LogP contribution >= 0.6 is 27.3 Å². The molecule has 7 nitrogen and oxygen atoms in total. The van der Waals surface area contributed by atoms with E-state index in [-0.39, 0.29) is 6.61 Å². The van der Waals surface area contributed by atoms with Crippen molar-refractivity contribution < 1.29 is 19.0 Å². The van der Waals surface area contributed by atoms with Crippen LogP contribution in [0.25, 0.3) is 0 Å². The van der Waals surface area contributed by atoms with Gasteiger partial charge in [-0.3, -0.25) is 5.43 Å². The first-order valence-corrected chi connectivity index (χ1v) is 9.08. The molecule has 1 heterocycles. The summed E-state index contributed by atoms with van der Waals surface area (Å²) in [5, 5.41) is 6.82. The van der Waals surface area contributed by atoms with E-state index in [0.29, 0.717) is 22.6 Å². The molecule has 0 amide bonds. The van der Waals surface area contributed by atoms with Crippen LogP contribution in [0.15, 0.2) is 27.1 Å². The smallest absolute Gasteiger partial charge is 0.343 e. The number of aromatic nitrogens is 1. The number of rotatable bonds is 8. The Morgan fingerprint density at radius 3 is 2.88 bits per heavy atom. The number of hydrazone groups is 1. The molecule has 1 N–H and O–H groups in total. The highest BCUT2D eigenvalue weighted by atomic mass is 79.9. The van der Waals surface area contributed by atoms with Crippen molar-refractivity contribution >= 4 is 44.6 Å². The number of ether oxygens (including phenoxy) is 3. The predicted octanol–water partition coefficient (Wildman–Crippen LogP) is 3.61. The summed E-state index contributed by atoms with van der Waals surface area (Å²) in [5.74, 6) is 0.475. The van der Waals surface area contributed by atoms with Crippen molar-refractivity contribution in [1.82, 2.24) is 4.98 Å². The van der Waals surface area contributed by atoms with Crippen LogP contribution in [0.4, 0.5) is 5.13 Å². The molecule has 0 saturated carbocycles. The molecule has 25 heavy (non-hydrogen) atoms. The molecular formula is C16H18BrN3O4S. The van der Waals surface area contributed by atoms with Gasteiger partial charge in [-0.2, -0.15) is 5.10 Å². The highest BCUT2D eigenvalue weighted by Crippen LogP contribution is 2.36. The van der Waals surface area contributed by atoms with Gasteiger partial charge < -0.3 is 14.2 Å². The Morgan fingerprint density at radius 1 is 1.44 bits per heavy atom. The second-order valence-corrected chi connectivity index (χ2v) is 6.50. The molecule has 2 aromatic rings. The van der Waals surface area contributed by atoms with Gasteiger partial charge in [0, 0.05) is 5.38 Å². The van der Waals surface area contributed by atoms with Gasteiger partial charge in [0.05, 0.1) is 30.1 Å². The Labute approximate surface area is 158 Å². The summed E-state index contributed by atoms with van der Waals surface area (Å²) in [6.07, 6.45) is 1.65. The fourth-order valence-electron chi connectivity index (χ4n) is 1.82. The molecule has 0 spiro atoms. The van der Waals surface area contributed by atoms with Crippen molar-refractivity contribution in [2.45, 2.75) is 13.8 Å². The maximum Gasteiger partial charge on any atom is 0.343 e. The third-order valence-electron chi connectivity index (χ3n) is 2.89. The topological polar surface area (TPSA) is 82.0 Å². The first kappa shape index (κ1) is 19.2. The molecule has 0 bridgehead atoms. The lowest BCUT2D eigenvalue weighted by Gasteiger charge is -2.13. The minimum atomic E-state index is -0.470. The van der Waals surface area contributed by atoms with Gasteiger partial charge in [-0.05, 0) is 47.5 Å². The van der Waals surface area contributed by atoms with Gasteiger partial charge in [0.1, 0.15) is 0 Å². The molecule has 0 aliphatic heterocycles. The number of methoxy groups -OCH3 is 1. The fourth-order valence-corrected chi connectivity index (χ4v) is 3.03. The molecule has 2 rings (SSSR count). The number of nitrogens with one attached hydrogen (secondary N) is 1. The van der Waals surface area contributed by atoms with E-state index >= 15 is 0 Å². The van der Waals surface area contributed by atoms with Gasteiger partial charge in [-0.15, -0.1) is 11.3 Å². The number of esters is 1. The molecule has 1 aromatic carbocycles. The lowest BCUT2D eigenvalue weighted by molar-refractivity contribution is -0.142. The molecule has 9 heteroatoms.